The third-order valence-electron chi connectivity index (χ3n) is 3.09. The van der Waals surface area contributed by atoms with E-state index in [1.165, 1.54) is 13.3 Å². The number of aliphatic hydroxyl groups is 1. The third kappa shape index (κ3) is 4.37. The van der Waals surface area contributed by atoms with E-state index in [1.807, 2.05) is 24.3 Å². The number of nitrogens with one attached hydrogen (secondary N) is 1. The Morgan fingerprint density at radius 3 is 2.43 bits per heavy atom. The summed E-state index contributed by atoms with van der Waals surface area (Å²) in [6, 6.07) is 11.3. The zero-order valence-electron chi connectivity index (χ0n) is 11.9. The van der Waals surface area contributed by atoms with Gasteiger partial charge in [-0.05, 0) is 23.3 Å². The summed E-state index contributed by atoms with van der Waals surface area (Å²) in [6.07, 6.45) is 1.51. The van der Waals surface area contributed by atoms with E-state index in [0.29, 0.717) is 18.7 Å². The minimum absolute atomic E-state index is 0.0597. The number of methoxy groups -OCH3 is 1. The molecule has 5 heteroatoms. The van der Waals surface area contributed by atoms with Crippen molar-refractivity contribution in [2.45, 2.75) is 19.7 Å². The summed E-state index contributed by atoms with van der Waals surface area (Å²) in [4.78, 5) is 15.5. The number of carbonyl (C=O) groups excluding carboxylic acids is 1. The van der Waals surface area contributed by atoms with Crippen molar-refractivity contribution in [2.75, 3.05) is 7.11 Å². The molecule has 21 heavy (non-hydrogen) atoms. The van der Waals surface area contributed by atoms with Gasteiger partial charge in [-0.15, -0.1) is 0 Å². The molecule has 1 aromatic heterocycles. The van der Waals surface area contributed by atoms with Crippen LogP contribution in [-0.2, 0) is 24.4 Å². The van der Waals surface area contributed by atoms with Gasteiger partial charge in [-0.1, -0.05) is 24.3 Å². The summed E-state index contributed by atoms with van der Waals surface area (Å²) in [6.45, 7) is 1.39. The summed E-state index contributed by atoms with van der Waals surface area (Å²) < 4.78 is 4.62. The van der Waals surface area contributed by atoms with Crippen LogP contribution in [-0.4, -0.2) is 23.2 Å². The van der Waals surface area contributed by atoms with Gasteiger partial charge in [0.25, 0.3) is 0 Å². The molecular weight excluding hydrogens is 268 g/mol. The van der Waals surface area contributed by atoms with Gasteiger partial charge in [-0.3, -0.25) is 4.98 Å². The van der Waals surface area contributed by atoms with E-state index >= 15 is 0 Å². The number of hydrogen-bond acceptors (Lipinski definition) is 5. The van der Waals surface area contributed by atoms with Crippen LogP contribution in [0.15, 0.2) is 42.6 Å². The SMILES string of the molecule is COC(=O)c1ccc(CNCc2ccc(CO)cc2)nc1. The van der Waals surface area contributed by atoms with Gasteiger partial charge in [0.1, 0.15) is 0 Å². The van der Waals surface area contributed by atoms with Crippen molar-refractivity contribution in [1.82, 2.24) is 10.3 Å². The Labute approximate surface area is 123 Å². The number of aliphatic hydroxyl groups excluding tert-OH is 1. The first-order valence-electron chi connectivity index (χ1n) is 6.65. The van der Waals surface area contributed by atoms with Gasteiger partial charge in [0.05, 0.1) is 25.0 Å². The molecule has 2 aromatic rings. The standard InChI is InChI=1S/C16H18N2O3/c1-21-16(20)14-6-7-15(18-9-14)10-17-8-12-2-4-13(11-19)5-3-12/h2-7,9,17,19H,8,10-11H2,1H3. The first kappa shape index (κ1) is 15.2. The van der Waals surface area contributed by atoms with Gasteiger partial charge in [-0.2, -0.15) is 0 Å². The van der Waals surface area contributed by atoms with E-state index in [0.717, 1.165) is 16.8 Å². The maximum absolute atomic E-state index is 11.3. The molecule has 0 saturated heterocycles. The summed E-state index contributed by atoms with van der Waals surface area (Å²) in [5.41, 5.74) is 3.34. The average molecular weight is 286 g/mol. The summed E-state index contributed by atoms with van der Waals surface area (Å²) in [7, 11) is 1.35. The van der Waals surface area contributed by atoms with Crippen LogP contribution in [0.3, 0.4) is 0 Å². The molecule has 0 fully saturated rings. The number of carbonyl (C=O) groups is 1. The minimum Gasteiger partial charge on any atom is -0.465 e. The second-order valence-corrected chi connectivity index (χ2v) is 4.61. The van der Waals surface area contributed by atoms with E-state index in [-0.39, 0.29) is 12.6 Å². The quantitative estimate of drug-likeness (QED) is 0.790. The lowest BCUT2D eigenvalue weighted by molar-refractivity contribution is 0.0600. The Hall–Kier alpha value is -2.24. The highest BCUT2D eigenvalue weighted by molar-refractivity contribution is 5.88. The number of esters is 1. The normalized spacial score (nSPS) is 10.4. The molecule has 0 unspecified atom stereocenters. The molecule has 0 saturated carbocycles. The van der Waals surface area contributed by atoms with Gasteiger partial charge in [0.15, 0.2) is 0 Å². The minimum atomic E-state index is -0.383. The number of benzene rings is 1. The van der Waals surface area contributed by atoms with Crippen molar-refractivity contribution in [3.63, 3.8) is 0 Å². The van der Waals surface area contributed by atoms with E-state index in [1.54, 1.807) is 12.1 Å². The molecule has 0 aliphatic rings. The van der Waals surface area contributed by atoms with Gasteiger partial charge in [0.2, 0.25) is 0 Å². The molecule has 0 atom stereocenters. The van der Waals surface area contributed by atoms with Crippen LogP contribution >= 0.6 is 0 Å². The van der Waals surface area contributed by atoms with E-state index in [9.17, 15) is 4.79 Å². The molecule has 0 aliphatic carbocycles. The number of ether oxygens (including phenoxy) is 1. The Morgan fingerprint density at radius 1 is 1.14 bits per heavy atom. The number of hydrogen-bond donors (Lipinski definition) is 2. The fraction of sp³-hybridized carbons (Fsp3) is 0.250. The molecule has 110 valence electrons. The fourth-order valence-electron chi connectivity index (χ4n) is 1.87. The monoisotopic (exact) mass is 286 g/mol. The molecule has 0 aliphatic heterocycles. The molecule has 2 rings (SSSR count). The van der Waals surface area contributed by atoms with Crippen molar-refractivity contribution in [2.24, 2.45) is 0 Å². The van der Waals surface area contributed by atoms with Crippen LogP contribution in [0.4, 0.5) is 0 Å². The van der Waals surface area contributed by atoms with Crippen LogP contribution < -0.4 is 5.32 Å². The smallest absolute Gasteiger partial charge is 0.339 e. The largest absolute Gasteiger partial charge is 0.465 e. The lowest BCUT2D eigenvalue weighted by Crippen LogP contribution is -2.14. The van der Waals surface area contributed by atoms with Gasteiger partial charge in [0, 0.05) is 19.3 Å². The molecular formula is C16H18N2O3. The highest BCUT2D eigenvalue weighted by Gasteiger charge is 2.05. The molecule has 0 radical (unpaired) electrons. The topological polar surface area (TPSA) is 71.5 Å². The van der Waals surface area contributed by atoms with Crippen molar-refractivity contribution in [3.8, 4) is 0 Å². The van der Waals surface area contributed by atoms with Crippen LogP contribution in [0, 0.1) is 0 Å². The Morgan fingerprint density at radius 2 is 1.86 bits per heavy atom. The Bertz CT molecular complexity index is 579. The highest BCUT2D eigenvalue weighted by atomic mass is 16.5. The lowest BCUT2D eigenvalue weighted by Gasteiger charge is -2.06. The Balaban J connectivity index is 1.83. The predicted molar refractivity (Wildman–Crippen MR) is 78.5 cm³/mol. The molecule has 1 heterocycles. The highest BCUT2D eigenvalue weighted by Crippen LogP contribution is 2.05. The second-order valence-electron chi connectivity index (χ2n) is 4.61. The van der Waals surface area contributed by atoms with E-state index in [4.69, 9.17) is 5.11 Å². The zero-order chi connectivity index (χ0) is 15.1. The summed E-state index contributed by atoms with van der Waals surface area (Å²) in [5, 5.41) is 12.3. The van der Waals surface area contributed by atoms with Crippen molar-refractivity contribution in [1.29, 1.82) is 0 Å². The third-order valence-corrected chi connectivity index (χ3v) is 3.09. The number of rotatable bonds is 6. The average Bonchev–Trinajstić information content (AvgIpc) is 2.55. The maximum Gasteiger partial charge on any atom is 0.339 e. The fourth-order valence-corrected chi connectivity index (χ4v) is 1.87. The second kappa shape index (κ2) is 7.52. The van der Waals surface area contributed by atoms with E-state index < -0.39 is 0 Å². The van der Waals surface area contributed by atoms with Crippen LogP contribution in [0.25, 0.3) is 0 Å². The van der Waals surface area contributed by atoms with Crippen LogP contribution in [0.1, 0.15) is 27.2 Å². The predicted octanol–water partition coefficient (Wildman–Crippen LogP) is 1.65. The summed E-state index contributed by atoms with van der Waals surface area (Å²) in [5.74, 6) is -0.383. The van der Waals surface area contributed by atoms with E-state index in [2.05, 4.69) is 15.0 Å². The van der Waals surface area contributed by atoms with Gasteiger partial charge < -0.3 is 15.2 Å². The Kier molecular flexibility index (Phi) is 5.43. The first-order valence-corrected chi connectivity index (χ1v) is 6.65. The van der Waals surface area contributed by atoms with Crippen molar-refractivity contribution >= 4 is 5.97 Å². The molecule has 1 aromatic carbocycles. The number of pyridine rings is 1. The molecule has 0 bridgehead atoms. The molecule has 2 N–H and O–H groups in total. The zero-order valence-corrected chi connectivity index (χ0v) is 11.9. The summed E-state index contributed by atoms with van der Waals surface area (Å²) >= 11 is 0. The van der Waals surface area contributed by atoms with Gasteiger partial charge >= 0.3 is 5.97 Å². The molecule has 0 amide bonds. The van der Waals surface area contributed by atoms with Crippen LogP contribution in [0.2, 0.25) is 0 Å². The molecule has 5 nitrogen and oxygen atoms in total. The molecule has 0 spiro atoms. The van der Waals surface area contributed by atoms with Crippen LogP contribution in [0.5, 0.6) is 0 Å². The maximum atomic E-state index is 11.3. The number of nitrogens with zero attached hydrogens (tertiary/aromatic N) is 1. The number of aromatic nitrogens is 1. The first-order chi connectivity index (χ1) is 10.2. The van der Waals surface area contributed by atoms with Crippen molar-refractivity contribution < 1.29 is 14.6 Å². The van der Waals surface area contributed by atoms with Gasteiger partial charge in [-0.25, -0.2) is 4.79 Å². The van der Waals surface area contributed by atoms with Crippen molar-refractivity contribution in [3.05, 3.63) is 65.0 Å². The lowest BCUT2D eigenvalue weighted by atomic mass is 10.1.